The third-order valence-corrected chi connectivity index (χ3v) is 11.9. The minimum atomic E-state index is -2.04. The number of methoxy groups -OCH3 is 1. The van der Waals surface area contributed by atoms with Crippen LogP contribution in [0.1, 0.15) is 70.0 Å². The van der Waals surface area contributed by atoms with Crippen LogP contribution in [0.25, 0.3) is 10.8 Å². The average molecular weight is 823 g/mol. The summed E-state index contributed by atoms with van der Waals surface area (Å²) in [6.45, 7) is 15.1. The number of likely N-dealkylation sites (N-methyl/N-ethyl adjacent to an activating group) is 1. The largest absolute Gasteiger partial charge is 0.507 e. The van der Waals surface area contributed by atoms with Crippen molar-refractivity contribution in [3.05, 3.63) is 52.8 Å². The maximum Gasteiger partial charge on any atom is 0.312 e. The molecule has 6 rings (SSSR count). The summed E-state index contributed by atoms with van der Waals surface area (Å²) < 4.78 is 23.6. The number of carbonyl (C=O) groups is 3. The van der Waals surface area contributed by atoms with Crippen LogP contribution in [-0.2, 0) is 23.8 Å². The molecule has 1 unspecified atom stereocenters. The summed E-state index contributed by atoms with van der Waals surface area (Å²) in [5.41, 5.74) is -0.350. The van der Waals surface area contributed by atoms with Crippen LogP contribution in [0.15, 0.2) is 41.2 Å². The van der Waals surface area contributed by atoms with Crippen LogP contribution in [0.5, 0.6) is 23.0 Å². The molecule has 322 valence electrons. The fraction of sp³-hybridized carbons (Fsp3) is 0.535. The van der Waals surface area contributed by atoms with Crippen molar-refractivity contribution in [2.24, 2.45) is 28.8 Å². The number of amides is 1. The zero-order valence-corrected chi connectivity index (χ0v) is 35.3. The van der Waals surface area contributed by atoms with Crippen LogP contribution in [0.4, 0.5) is 5.69 Å². The number of esters is 1. The molecule has 16 heteroatoms. The minimum Gasteiger partial charge on any atom is -0.507 e. The van der Waals surface area contributed by atoms with Crippen LogP contribution in [0, 0.1) is 30.6 Å². The Labute approximate surface area is 344 Å². The second-order valence-corrected chi connectivity index (χ2v) is 16.1. The Kier molecular flexibility index (Phi) is 13.7. The molecule has 59 heavy (non-hydrogen) atoms. The van der Waals surface area contributed by atoms with Gasteiger partial charge in [-0.2, -0.15) is 5.10 Å². The lowest BCUT2D eigenvalue weighted by Crippen LogP contribution is -2.46. The van der Waals surface area contributed by atoms with Gasteiger partial charge < -0.3 is 54.7 Å². The van der Waals surface area contributed by atoms with E-state index in [4.69, 9.17) is 18.9 Å². The van der Waals surface area contributed by atoms with Crippen LogP contribution >= 0.6 is 0 Å². The number of allylic oxidation sites excluding steroid dienone is 2. The summed E-state index contributed by atoms with van der Waals surface area (Å²) in [5.74, 6) is -8.34. The molecular formula is C43H58N4O12. The fourth-order valence-corrected chi connectivity index (χ4v) is 7.92. The van der Waals surface area contributed by atoms with Crippen LogP contribution in [0.2, 0.25) is 0 Å². The van der Waals surface area contributed by atoms with Crippen molar-refractivity contribution in [3.63, 3.8) is 0 Å². The van der Waals surface area contributed by atoms with Gasteiger partial charge in [0.2, 0.25) is 0 Å². The molecule has 1 fully saturated rings. The highest BCUT2D eigenvalue weighted by molar-refractivity contribution is 6.23. The highest BCUT2D eigenvalue weighted by atomic mass is 16.7. The second-order valence-electron chi connectivity index (χ2n) is 16.1. The Hall–Kier alpha value is -5.16. The smallest absolute Gasteiger partial charge is 0.312 e. The first-order chi connectivity index (χ1) is 27.7. The standard InChI is InChI=1S/C43H58N4O12/c1-21-12-11-13-22(2)42(55)45-33-28(20-44-47-17-15-46(9)16-18-47)37(52)30-31(38(33)53)36(51)26(6)40-32(30)41(54)43(8,59-40)57-19-14-29(56-10)23(3)39(58-27(7)48)25(5)35(50)24(4)34(21)49/h11-14,19-21,23-25,29,34-35,39,49-53H,15-18H2,1-10H3,(H,45,55)/b12-11+,19-14+,22-13-,44-20+/t21-,23+,24+,25+,29-,34?,35+,39+,43-/m0/s1. The summed E-state index contributed by atoms with van der Waals surface area (Å²) in [4.78, 5) is 42.6. The van der Waals surface area contributed by atoms with Gasteiger partial charge in [-0.05, 0) is 27.0 Å². The van der Waals surface area contributed by atoms with Gasteiger partial charge in [-0.25, -0.2) is 0 Å². The number of rotatable bonds is 4. The molecule has 4 aliphatic rings. The number of benzene rings is 2. The Morgan fingerprint density at radius 1 is 0.949 bits per heavy atom. The van der Waals surface area contributed by atoms with E-state index in [2.05, 4.69) is 15.3 Å². The van der Waals surface area contributed by atoms with Gasteiger partial charge in [-0.1, -0.05) is 45.9 Å². The predicted molar refractivity (Wildman–Crippen MR) is 220 cm³/mol. The number of hydrogen-bond donors (Lipinski definition) is 6. The van der Waals surface area contributed by atoms with E-state index in [0.717, 1.165) is 13.1 Å². The molecule has 0 aromatic heterocycles. The first-order valence-electron chi connectivity index (χ1n) is 19.8. The van der Waals surface area contributed by atoms with E-state index in [0.29, 0.717) is 13.1 Å². The van der Waals surface area contributed by atoms with Crippen LogP contribution < -0.4 is 10.1 Å². The molecule has 4 heterocycles. The number of nitrogens with one attached hydrogen (secondary N) is 1. The van der Waals surface area contributed by atoms with Crippen molar-refractivity contribution in [3.8, 4) is 23.0 Å². The first kappa shape index (κ1) is 44.9. The number of hydrazone groups is 1. The molecule has 2 aromatic rings. The molecule has 6 N–H and O–H groups in total. The Morgan fingerprint density at radius 3 is 2.24 bits per heavy atom. The molecule has 0 saturated carbocycles. The van der Waals surface area contributed by atoms with Gasteiger partial charge >= 0.3 is 11.8 Å². The maximum absolute atomic E-state index is 14.4. The van der Waals surface area contributed by atoms with Crippen molar-refractivity contribution in [2.45, 2.75) is 85.6 Å². The number of phenols is 3. The maximum atomic E-state index is 14.4. The minimum absolute atomic E-state index is 0.0559. The molecule has 16 nitrogen and oxygen atoms in total. The van der Waals surface area contributed by atoms with E-state index in [1.54, 1.807) is 44.9 Å². The lowest BCUT2D eigenvalue weighted by molar-refractivity contribution is -0.160. The Bertz CT molecular complexity index is 2070. The zero-order chi connectivity index (χ0) is 43.7. The van der Waals surface area contributed by atoms with Crippen LogP contribution in [0.3, 0.4) is 0 Å². The SMILES string of the molecule is CO[C@H]1/C=C/O[C@@]2(C)Oc3c(C)c(O)c4c(O)c(c(/C=N/N5CCN(C)CC5)c(O)c4c3C2=O)NC(=O)/C(C)=C\C=C\[C@H](C)C(O)[C@@H](C)[C@@H](O)[C@@H](C)[C@H](OC(C)=O)[C@@H]1C. The number of phenolic OH excluding ortho intramolecular Hbond substituents is 3. The molecule has 1 amide bonds. The monoisotopic (exact) mass is 822 g/mol. The van der Waals surface area contributed by atoms with Crippen molar-refractivity contribution in [2.75, 3.05) is 45.7 Å². The number of carbonyl (C=O) groups excluding carboxylic acids is 3. The number of ketones is 1. The number of aliphatic hydroxyl groups excluding tert-OH is 2. The summed E-state index contributed by atoms with van der Waals surface area (Å²) in [6.07, 6.45) is 4.86. The summed E-state index contributed by atoms with van der Waals surface area (Å²) in [5, 5.41) is 66.8. The normalized spacial score (nSPS) is 32.1. The van der Waals surface area contributed by atoms with Gasteiger partial charge in [-0.15, -0.1) is 0 Å². The summed E-state index contributed by atoms with van der Waals surface area (Å²) >= 11 is 0. The molecule has 0 spiro atoms. The highest BCUT2D eigenvalue weighted by Crippen LogP contribution is 2.55. The Morgan fingerprint density at radius 2 is 1.61 bits per heavy atom. The number of ether oxygens (including phenoxy) is 4. The van der Waals surface area contributed by atoms with Crippen molar-refractivity contribution in [1.29, 1.82) is 0 Å². The van der Waals surface area contributed by atoms with Gasteiger partial charge in [0.15, 0.2) is 5.75 Å². The molecule has 0 aliphatic carbocycles. The van der Waals surface area contributed by atoms with Gasteiger partial charge in [0, 0.05) is 87.3 Å². The summed E-state index contributed by atoms with van der Waals surface area (Å²) in [6, 6.07) is 0. The van der Waals surface area contributed by atoms with E-state index >= 15 is 0 Å². The van der Waals surface area contributed by atoms with Gasteiger partial charge in [0.05, 0.1) is 53.0 Å². The van der Waals surface area contributed by atoms with Crippen molar-refractivity contribution >= 4 is 40.3 Å². The third kappa shape index (κ3) is 8.91. The average Bonchev–Trinajstić information content (AvgIpc) is 3.46. The first-order valence-corrected chi connectivity index (χ1v) is 19.8. The molecule has 9 atom stereocenters. The van der Waals surface area contributed by atoms with Crippen molar-refractivity contribution < 1.29 is 58.9 Å². The molecule has 1 saturated heterocycles. The molecule has 5 bridgehead atoms. The number of Topliss-reactive ketones (excluding diaryl/α,β-unsaturated/α-hetero) is 1. The molecular weight excluding hydrogens is 764 g/mol. The number of fused-ring (bicyclic) bond motifs is 14. The molecule has 0 radical (unpaired) electrons. The number of piperazine rings is 1. The quantitative estimate of drug-likeness (QED) is 0.109. The van der Waals surface area contributed by atoms with E-state index in [1.807, 2.05) is 7.05 Å². The number of nitrogens with zero attached hydrogens (tertiary/aromatic N) is 3. The lowest BCUT2D eigenvalue weighted by Gasteiger charge is -2.38. The number of anilines is 1. The molecule has 4 aliphatic heterocycles. The fourth-order valence-electron chi connectivity index (χ4n) is 7.92. The van der Waals surface area contributed by atoms with E-state index in [9.17, 15) is 39.9 Å². The number of aliphatic hydroxyl groups is 2. The molecule has 2 aromatic carbocycles. The lowest BCUT2D eigenvalue weighted by atomic mass is 9.78. The van der Waals surface area contributed by atoms with Gasteiger partial charge in [0.25, 0.3) is 11.7 Å². The second kappa shape index (κ2) is 18.0. The van der Waals surface area contributed by atoms with Gasteiger partial charge in [-0.3, -0.25) is 19.4 Å². The topological polar surface area (TPSA) is 220 Å². The predicted octanol–water partition coefficient (Wildman–Crippen LogP) is 4.34. The van der Waals surface area contributed by atoms with Crippen LogP contribution in [-0.4, -0.2) is 130 Å². The Balaban J connectivity index is 1.70. The number of aromatic hydroxyl groups is 3. The van der Waals surface area contributed by atoms with Crippen molar-refractivity contribution in [1.82, 2.24) is 9.91 Å². The summed E-state index contributed by atoms with van der Waals surface area (Å²) in [7, 11) is 3.42. The zero-order valence-electron chi connectivity index (χ0n) is 35.3. The highest BCUT2D eigenvalue weighted by Gasteiger charge is 2.50. The van der Waals surface area contributed by atoms with E-state index < -0.39 is 88.8 Å². The van der Waals surface area contributed by atoms with E-state index in [-0.39, 0.29) is 44.5 Å². The van der Waals surface area contributed by atoms with Gasteiger partial charge in [0.1, 0.15) is 23.4 Å². The number of hydrogen-bond acceptors (Lipinski definition) is 15. The van der Waals surface area contributed by atoms with E-state index in [1.165, 1.54) is 59.4 Å². The third-order valence-electron chi connectivity index (χ3n) is 11.9.